The summed E-state index contributed by atoms with van der Waals surface area (Å²) in [5.74, 6) is 0.532. The molecule has 2 unspecified atom stereocenters. The maximum atomic E-state index is 13.5. The van der Waals surface area contributed by atoms with Gasteiger partial charge in [-0.05, 0) is 12.5 Å². The van der Waals surface area contributed by atoms with Crippen LogP contribution < -0.4 is 10.1 Å². The highest BCUT2D eigenvalue weighted by molar-refractivity contribution is 5.83. The molecule has 0 spiro atoms. The Labute approximate surface area is 144 Å². The molecule has 1 saturated heterocycles. The average Bonchev–Trinajstić information content (AvgIpc) is 3.06. The van der Waals surface area contributed by atoms with Gasteiger partial charge in [-0.1, -0.05) is 0 Å². The van der Waals surface area contributed by atoms with Gasteiger partial charge in [-0.3, -0.25) is 9.67 Å². The standard InChI is InChI=1S/C17H19FN6O/c1-24-9-12(7-22-24)14-5-15-16(21-3-2-20-15)17(23-14)25-10-11-4-13(18)8-19-6-11/h2-3,5,7,9,11,13,19H,4,6,8,10H2,1H3. The number of nitrogens with zero attached hydrogens (tertiary/aromatic N) is 5. The van der Waals surface area contributed by atoms with Gasteiger partial charge in [0.25, 0.3) is 0 Å². The van der Waals surface area contributed by atoms with E-state index in [0.717, 1.165) is 17.8 Å². The summed E-state index contributed by atoms with van der Waals surface area (Å²) in [5, 5.41) is 7.26. The lowest BCUT2D eigenvalue weighted by Crippen LogP contribution is -2.39. The molecule has 8 heteroatoms. The van der Waals surface area contributed by atoms with Crippen LogP contribution in [0.2, 0.25) is 0 Å². The summed E-state index contributed by atoms with van der Waals surface area (Å²) in [4.78, 5) is 13.3. The van der Waals surface area contributed by atoms with Gasteiger partial charge in [-0.25, -0.2) is 14.4 Å². The van der Waals surface area contributed by atoms with Gasteiger partial charge < -0.3 is 10.1 Å². The summed E-state index contributed by atoms with van der Waals surface area (Å²) in [6.45, 7) is 1.55. The zero-order chi connectivity index (χ0) is 17.2. The number of nitrogens with one attached hydrogen (secondary N) is 1. The smallest absolute Gasteiger partial charge is 0.242 e. The van der Waals surface area contributed by atoms with Crippen molar-refractivity contribution in [3.8, 4) is 17.1 Å². The lowest BCUT2D eigenvalue weighted by Gasteiger charge is -2.25. The van der Waals surface area contributed by atoms with Gasteiger partial charge in [0.1, 0.15) is 6.17 Å². The molecule has 1 fully saturated rings. The van der Waals surface area contributed by atoms with Crippen molar-refractivity contribution in [3.05, 3.63) is 30.9 Å². The van der Waals surface area contributed by atoms with Crippen LogP contribution in [0.4, 0.5) is 4.39 Å². The second kappa shape index (κ2) is 6.72. The van der Waals surface area contributed by atoms with E-state index < -0.39 is 6.17 Å². The molecule has 0 aliphatic carbocycles. The number of aromatic nitrogens is 5. The summed E-state index contributed by atoms with van der Waals surface area (Å²) >= 11 is 0. The Hall–Kier alpha value is -2.61. The predicted molar refractivity (Wildman–Crippen MR) is 90.9 cm³/mol. The van der Waals surface area contributed by atoms with Gasteiger partial charge >= 0.3 is 0 Å². The molecule has 0 amide bonds. The van der Waals surface area contributed by atoms with Crippen molar-refractivity contribution in [2.75, 3.05) is 19.7 Å². The molecule has 3 aromatic rings. The van der Waals surface area contributed by atoms with Crippen molar-refractivity contribution in [1.29, 1.82) is 0 Å². The minimum atomic E-state index is -0.825. The van der Waals surface area contributed by atoms with Crippen LogP contribution in [0.25, 0.3) is 22.3 Å². The van der Waals surface area contributed by atoms with E-state index >= 15 is 0 Å². The number of halogens is 1. The fraction of sp³-hybridized carbons (Fsp3) is 0.412. The van der Waals surface area contributed by atoms with Crippen LogP contribution >= 0.6 is 0 Å². The Morgan fingerprint density at radius 1 is 1.32 bits per heavy atom. The molecule has 4 heterocycles. The highest BCUT2D eigenvalue weighted by atomic mass is 19.1. The maximum absolute atomic E-state index is 13.5. The van der Waals surface area contributed by atoms with Crippen molar-refractivity contribution in [1.82, 2.24) is 30.0 Å². The molecule has 1 aliphatic heterocycles. The summed E-state index contributed by atoms with van der Waals surface area (Å²) in [7, 11) is 1.85. The van der Waals surface area contributed by atoms with Crippen LogP contribution in [0, 0.1) is 5.92 Å². The maximum Gasteiger partial charge on any atom is 0.242 e. The molecule has 4 rings (SSSR count). The third-order valence-corrected chi connectivity index (χ3v) is 4.27. The van der Waals surface area contributed by atoms with E-state index in [9.17, 15) is 4.39 Å². The predicted octanol–water partition coefficient (Wildman–Crippen LogP) is 1.75. The molecule has 7 nitrogen and oxygen atoms in total. The van der Waals surface area contributed by atoms with E-state index in [0.29, 0.717) is 36.5 Å². The second-order valence-corrected chi connectivity index (χ2v) is 6.31. The van der Waals surface area contributed by atoms with E-state index in [1.165, 1.54) is 0 Å². The van der Waals surface area contributed by atoms with E-state index in [-0.39, 0.29) is 5.92 Å². The number of aryl methyl sites for hydroxylation is 1. The molecular weight excluding hydrogens is 323 g/mol. The highest BCUT2D eigenvalue weighted by Crippen LogP contribution is 2.27. The van der Waals surface area contributed by atoms with Crippen LogP contribution in [-0.2, 0) is 7.05 Å². The summed E-state index contributed by atoms with van der Waals surface area (Å²) in [5.41, 5.74) is 2.91. The van der Waals surface area contributed by atoms with Crippen molar-refractivity contribution in [2.45, 2.75) is 12.6 Å². The minimum Gasteiger partial charge on any atom is -0.476 e. The molecule has 25 heavy (non-hydrogen) atoms. The highest BCUT2D eigenvalue weighted by Gasteiger charge is 2.22. The van der Waals surface area contributed by atoms with Crippen LogP contribution in [0.15, 0.2) is 30.9 Å². The Bertz CT molecular complexity index is 882. The first-order chi connectivity index (χ1) is 12.2. The number of rotatable bonds is 4. The first-order valence-electron chi connectivity index (χ1n) is 8.27. The monoisotopic (exact) mass is 342 g/mol. The third-order valence-electron chi connectivity index (χ3n) is 4.27. The number of ether oxygens (including phenoxy) is 1. The van der Waals surface area contributed by atoms with Crippen molar-refractivity contribution >= 4 is 11.0 Å². The van der Waals surface area contributed by atoms with Gasteiger partial charge in [0, 0.05) is 50.2 Å². The van der Waals surface area contributed by atoms with Gasteiger partial charge in [-0.2, -0.15) is 5.10 Å². The van der Waals surface area contributed by atoms with Gasteiger partial charge in [0.05, 0.1) is 24.0 Å². The molecule has 130 valence electrons. The molecule has 3 aromatic heterocycles. The lowest BCUT2D eigenvalue weighted by molar-refractivity contribution is 0.158. The number of pyridine rings is 1. The van der Waals surface area contributed by atoms with Crippen molar-refractivity contribution < 1.29 is 9.13 Å². The molecule has 0 bridgehead atoms. The Morgan fingerprint density at radius 2 is 2.20 bits per heavy atom. The minimum absolute atomic E-state index is 0.110. The Balaban J connectivity index is 1.64. The number of fused-ring (bicyclic) bond motifs is 1. The van der Waals surface area contributed by atoms with Gasteiger partial charge in [0.15, 0.2) is 5.52 Å². The molecule has 1 N–H and O–H groups in total. The molecule has 1 aliphatic rings. The Morgan fingerprint density at radius 3 is 3.00 bits per heavy atom. The first-order valence-corrected chi connectivity index (χ1v) is 8.27. The Kier molecular flexibility index (Phi) is 4.27. The normalized spacial score (nSPS) is 20.7. The molecule has 0 aromatic carbocycles. The molecule has 0 radical (unpaired) electrons. The number of hydrogen-bond donors (Lipinski definition) is 1. The third kappa shape index (κ3) is 3.43. The molecule has 0 saturated carbocycles. The van der Waals surface area contributed by atoms with Crippen molar-refractivity contribution in [2.24, 2.45) is 13.0 Å². The number of hydrogen-bond acceptors (Lipinski definition) is 6. The number of piperidine rings is 1. The van der Waals surface area contributed by atoms with Crippen LogP contribution in [-0.4, -0.2) is 50.6 Å². The summed E-state index contributed by atoms with van der Waals surface area (Å²) < 4.78 is 21.2. The van der Waals surface area contributed by atoms with E-state index in [4.69, 9.17) is 4.74 Å². The largest absolute Gasteiger partial charge is 0.476 e. The quantitative estimate of drug-likeness (QED) is 0.778. The second-order valence-electron chi connectivity index (χ2n) is 6.31. The fourth-order valence-corrected chi connectivity index (χ4v) is 3.04. The zero-order valence-corrected chi connectivity index (χ0v) is 13.9. The SMILES string of the molecule is Cn1cc(-c2cc3nccnc3c(OCC3CNCC(F)C3)n2)cn1. The van der Waals surface area contributed by atoms with Crippen molar-refractivity contribution in [3.63, 3.8) is 0 Å². The zero-order valence-electron chi connectivity index (χ0n) is 13.9. The summed E-state index contributed by atoms with van der Waals surface area (Å²) in [6, 6.07) is 1.87. The number of alkyl halides is 1. The topological polar surface area (TPSA) is 77.8 Å². The van der Waals surface area contributed by atoms with Gasteiger partial charge in [-0.15, -0.1) is 0 Å². The fourth-order valence-electron chi connectivity index (χ4n) is 3.04. The van der Waals surface area contributed by atoms with E-state index in [1.54, 1.807) is 23.3 Å². The molecule has 2 atom stereocenters. The van der Waals surface area contributed by atoms with Crippen LogP contribution in [0.5, 0.6) is 5.88 Å². The molecular formula is C17H19FN6O. The lowest BCUT2D eigenvalue weighted by atomic mass is 9.99. The van der Waals surface area contributed by atoms with E-state index in [2.05, 4.69) is 25.4 Å². The van der Waals surface area contributed by atoms with Crippen LogP contribution in [0.1, 0.15) is 6.42 Å². The van der Waals surface area contributed by atoms with Crippen LogP contribution in [0.3, 0.4) is 0 Å². The van der Waals surface area contributed by atoms with Gasteiger partial charge in [0.2, 0.25) is 5.88 Å². The average molecular weight is 342 g/mol. The van der Waals surface area contributed by atoms with E-state index in [1.807, 2.05) is 19.3 Å². The summed E-state index contributed by atoms with van der Waals surface area (Å²) in [6.07, 6.45) is 6.55. The first kappa shape index (κ1) is 15.9.